The lowest BCUT2D eigenvalue weighted by atomic mass is 10.2. The van der Waals surface area contributed by atoms with E-state index in [1.807, 2.05) is 0 Å². The van der Waals surface area contributed by atoms with Crippen LogP contribution in [0.1, 0.15) is 12.0 Å². The first-order valence-corrected chi connectivity index (χ1v) is 9.15. The lowest BCUT2D eigenvalue weighted by Gasteiger charge is -2.07. The van der Waals surface area contributed by atoms with Gasteiger partial charge in [-0.25, -0.2) is 4.39 Å². The maximum absolute atomic E-state index is 13.6. The van der Waals surface area contributed by atoms with E-state index < -0.39 is 17.0 Å². The van der Waals surface area contributed by atoms with Crippen molar-refractivity contribution >= 4 is 52.2 Å². The number of hydrogen-bond acceptors (Lipinski definition) is 5. The highest BCUT2D eigenvalue weighted by molar-refractivity contribution is 8.15. The molecule has 0 aromatic heterocycles. The van der Waals surface area contributed by atoms with Gasteiger partial charge in [0.15, 0.2) is 5.17 Å². The first-order valence-electron chi connectivity index (χ1n) is 7.90. The third-order valence-corrected chi connectivity index (χ3v) is 4.84. The maximum atomic E-state index is 13.6. The van der Waals surface area contributed by atoms with Crippen molar-refractivity contribution in [1.29, 1.82) is 0 Å². The number of benzene rings is 2. The molecule has 2 N–H and O–H groups in total. The third-order valence-electron chi connectivity index (χ3n) is 3.52. The van der Waals surface area contributed by atoms with Crippen molar-refractivity contribution in [2.45, 2.75) is 11.7 Å². The summed E-state index contributed by atoms with van der Waals surface area (Å²) >= 11 is 6.91. The zero-order valence-corrected chi connectivity index (χ0v) is 15.4. The summed E-state index contributed by atoms with van der Waals surface area (Å²) in [7, 11) is 0. The summed E-state index contributed by atoms with van der Waals surface area (Å²) in [6, 6.07) is 12.9. The first-order chi connectivity index (χ1) is 13.0. The molecule has 2 aromatic carbocycles. The van der Waals surface area contributed by atoms with Gasteiger partial charge in [0.2, 0.25) is 11.8 Å². The third kappa shape index (κ3) is 5.38. The zero-order valence-electron chi connectivity index (χ0n) is 13.9. The summed E-state index contributed by atoms with van der Waals surface area (Å²) < 4.78 is 13.6. The van der Waals surface area contributed by atoms with Gasteiger partial charge in [-0.1, -0.05) is 47.6 Å². The van der Waals surface area contributed by atoms with E-state index in [9.17, 15) is 14.0 Å². The van der Waals surface area contributed by atoms with Gasteiger partial charge in [-0.05, 0) is 29.8 Å². The molecule has 1 atom stereocenters. The van der Waals surface area contributed by atoms with Gasteiger partial charge in [-0.15, -0.1) is 5.10 Å². The monoisotopic (exact) mass is 404 g/mol. The van der Waals surface area contributed by atoms with Gasteiger partial charge in [-0.2, -0.15) is 5.10 Å². The van der Waals surface area contributed by atoms with Crippen LogP contribution in [0, 0.1) is 5.82 Å². The van der Waals surface area contributed by atoms with Crippen molar-refractivity contribution in [3.05, 3.63) is 64.9 Å². The maximum Gasteiger partial charge on any atom is 0.240 e. The van der Waals surface area contributed by atoms with Crippen LogP contribution in [0.4, 0.5) is 10.1 Å². The van der Waals surface area contributed by atoms with Crippen LogP contribution in [-0.2, 0) is 9.59 Å². The molecular formula is C18H14ClFN4O2S. The van der Waals surface area contributed by atoms with Crippen molar-refractivity contribution in [3.8, 4) is 0 Å². The number of carbonyl (C=O) groups is 2. The van der Waals surface area contributed by atoms with E-state index >= 15 is 0 Å². The van der Waals surface area contributed by atoms with Crippen LogP contribution in [0.2, 0.25) is 5.02 Å². The molecule has 1 unspecified atom stereocenters. The Morgan fingerprint density at radius 3 is 2.74 bits per heavy atom. The highest BCUT2D eigenvalue weighted by Gasteiger charge is 2.32. The molecule has 6 nitrogen and oxygen atoms in total. The van der Waals surface area contributed by atoms with Crippen LogP contribution >= 0.6 is 23.4 Å². The van der Waals surface area contributed by atoms with Gasteiger partial charge >= 0.3 is 0 Å². The number of amidine groups is 1. The number of amides is 2. The minimum atomic E-state index is -0.652. The molecular weight excluding hydrogens is 391 g/mol. The number of rotatable bonds is 5. The molecule has 0 aliphatic carbocycles. The molecule has 9 heteroatoms. The minimum Gasteiger partial charge on any atom is -0.324 e. The predicted octanol–water partition coefficient (Wildman–Crippen LogP) is 3.43. The molecule has 1 heterocycles. The highest BCUT2D eigenvalue weighted by atomic mass is 35.5. The predicted molar refractivity (Wildman–Crippen MR) is 106 cm³/mol. The summed E-state index contributed by atoms with van der Waals surface area (Å²) in [6.45, 7) is 0. The van der Waals surface area contributed by atoms with Crippen molar-refractivity contribution in [2.75, 3.05) is 5.32 Å². The standard InChI is InChI=1S/C18H14ClFN4O2S/c19-12-7-5-11(6-8-12)10-21-24-18-23-17(26)15(27-18)9-16(25)22-14-4-2-1-3-13(14)20/h1-8,10,15H,9H2,(H,22,25)(H,23,24,26). The number of anilines is 1. The summed E-state index contributed by atoms with van der Waals surface area (Å²) in [6.07, 6.45) is 1.42. The molecule has 27 heavy (non-hydrogen) atoms. The van der Waals surface area contributed by atoms with E-state index in [2.05, 4.69) is 20.8 Å². The lowest BCUT2D eigenvalue weighted by Crippen LogP contribution is -2.28. The topological polar surface area (TPSA) is 82.9 Å². The Bertz CT molecular complexity index is 918. The number of nitrogens with one attached hydrogen (secondary N) is 2. The summed E-state index contributed by atoms with van der Waals surface area (Å²) in [5, 5.41) is 13.1. The van der Waals surface area contributed by atoms with Crippen LogP contribution in [0.15, 0.2) is 58.7 Å². The van der Waals surface area contributed by atoms with Gasteiger partial charge in [0.1, 0.15) is 11.1 Å². The van der Waals surface area contributed by atoms with Crippen molar-refractivity contribution in [3.63, 3.8) is 0 Å². The second-order valence-electron chi connectivity index (χ2n) is 5.53. The molecule has 0 spiro atoms. The van der Waals surface area contributed by atoms with Gasteiger partial charge < -0.3 is 10.6 Å². The average Bonchev–Trinajstić information content (AvgIpc) is 2.98. The molecule has 1 aliphatic rings. The highest BCUT2D eigenvalue weighted by Crippen LogP contribution is 2.23. The number of halogens is 2. The van der Waals surface area contributed by atoms with E-state index in [1.165, 1.54) is 24.4 Å². The zero-order chi connectivity index (χ0) is 19.2. The van der Waals surface area contributed by atoms with E-state index in [4.69, 9.17) is 11.6 Å². The largest absolute Gasteiger partial charge is 0.324 e. The molecule has 2 aromatic rings. The first kappa shape index (κ1) is 19.1. The molecule has 0 saturated carbocycles. The second-order valence-corrected chi connectivity index (χ2v) is 7.16. The normalized spacial score (nSPS) is 18.1. The fraction of sp³-hybridized carbons (Fsp3) is 0.111. The molecule has 3 rings (SSSR count). The van der Waals surface area contributed by atoms with Gasteiger partial charge in [0.25, 0.3) is 0 Å². The molecule has 1 fully saturated rings. The quantitative estimate of drug-likeness (QED) is 0.591. The molecule has 2 amide bonds. The Hall–Kier alpha value is -2.71. The smallest absolute Gasteiger partial charge is 0.240 e. The Morgan fingerprint density at radius 2 is 2.00 bits per heavy atom. The van der Waals surface area contributed by atoms with Gasteiger partial charge in [0.05, 0.1) is 11.9 Å². The Balaban J connectivity index is 1.56. The number of nitrogens with zero attached hydrogens (tertiary/aromatic N) is 2. The Labute approximate surface area is 163 Å². The Morgan fingerprint density at radius 1 is 1.26 bits per heavy atom. The number of hydrogen-bond donors (Lipinski definition) is 2. The van der Waals surface area contributed by atoms with Crippen LogP contribution in [0.5, 0.6) is 0 Å². The fourth-order valence-corrected chi connectivity index (χ4v) is 3.27. The van der Waals surface area contributed by atoms with Crippen LogP contribution in [-0.4, -0.2) is 28.4 Å². The van der Waals surface area contributed by atoms with E-state index in [0.717, 1.165) is 17.3 Å². The molecule has 1 saturated heterocycles. The summed E-state index contributed by atoms with van der Waals surface area (Å²) in [5.74, 6) is -1.34. The Kier molecular flexibility index (Phi) is 6.20. The molecule has 138 valence electrons. The van der Waals surface area contributed by atoms with E-state index in [1.54, 1.807) is 30.3 Å². The van der Waals surface area contributed by atoms with Crippen molar-refractivity contribution in [2.24, 2.45) is 10.2 Å². The molecule has 0 bridgehead atoms. The lowest BCUT2D eigenvalue weighted by molar-refractivity contribution is -0.122. The van der Waals surface area contributed by atoms with Crippen molar-refractivity contribution in [1.82, 2.24) is 5.32 Å². The van der Waals surface area contributed by atoms with Gasteiger partial charge in [0, 0.05) is 11.4 Å². The van der Waals surface area contributed by atoms with Crippen LogP contribution in [0.25, 0.3) is 0 Å². The van der Waals surface area contributed by atoms with Crippen LogP contribution < -0.4 is 10.6 Å². The van der Waals surface area contributed by atoms with Crippen molar-refractivity contribution < 1.29 is 14.0 Å². The SMILES string of the molecule is O=C(CC1S/C(=N/N=Cc2ccc(Cl)cc2)NC1=O)Nc1ccccc1F. The average molecular weight is 405 g/mol. The minimum absolute atomic E-state index is 0.0763. The van der Waals surface area contributed by atoms with Gasteiger partial charge in [-0.3, -0.25) is 9.59 Å². The molecule has 1 aliphatic heterocycles. The summed E-state index contributed by atoms with van der Waals surface area (Å²) in [5.41, 5.74) is 0.881. The summed E-state index contributed by atoms with van der Waals surface area (Å²) in [4.78, 5) is 24.0. The fourth-order valence-electron chi connectivity index (χ4n) is 2.22. The number of carbonyl (C=O) groups excluding carboxylic acids is 2. The second kappa shape index (κ2) is 8.79. The van der Waals surface area contributed by atoms with E-state index in [-0.39, 0.29) is 18.0 Å². The molecule has 0 radical (unpaired) electrons. The number of thioether (sulfide) groups is 1. The van der Waals surface area contributed by atoms with E-state index in [0.29, 0.717) is 10.2 Å². The van der Waals surface area contributed by atoms with Crippen LogP contribution in [0.3, 0.4) is 0 Å². The number of para-hydroxylation sites is 1.